The number of nitrogens with zero attached hydrogens (tertiary/aromatic N) is 1. The van der Waals surface area contributed by atoms with Crippen LogP contribution < -0.4 is 19.6 Å². The Hall–Kier alpha value is -3.07. The van der Waals surface area contributed by atoms with Crippen LogP contribution in [0.2, 0.25) is 10.0 Å². The number of rotatable bonds is 9. The van der Waals surface area contributed by atoms with Crippen LogP contribution in [0.1, 0.15) is 22.8 Å². The second-order valence-electron chi connectivity index (χ2n) is 6.67. The van der Waals surface area contributed by atoms with Gasteiger partial charge in [0.05, 0.1) is 27.9 Å². The minimum absolute atomic E-state index is 0.231. The molecule has 0 saturated heterocycles. The highest BCUT2D eigenvalue weighted by Crippen LogP contribution is 2.30. The number of carbonyl (C=O) groups excluding carboxylic acids is 2. The smallest absolute Gasteiger partial charge is 0.345 e. The molecule has 0 aromatic heterocycles. The zero-order valence-electron chi connectivity index (χ0n) is 17.9. The molecule has 1 amide bonds. The standard InChI is InChI=1S/C24H19BrCl2N2O5/c1-2-32-22-11-15(7-9-21(22)34-24(31)17-5-3-4-6-19(17)27)13-28-29-23(30)14-33-20-10-8-16(26)12-18(20)25/h3-13H,2,14H2,1H3,(H,29,30)/b28-13-. The predicted octanol–water partition coefficient (Wildman–Crippen LogP) is 5.90. The summed E-state index contributed by atoms with van der Waals surface area (Å²) in [6, 6.07) is 16.4. The summed E-state index contributed by atoms with van der Waals surface area (Å²) in [5.74, 6) is -0.00297. The molecule has 0 atom stereocenters. The highest BCUT2D eigenvalue weighted by Gasteiger charge is 2.15. The zero-order chi connectivity index (χ0) is 24.5. The maximum atomic E-state index is 12.5. The van der Waals surface area contributed by atoms with E-state index in [-0.39, 0.29) is 22.9 Å². The number of carbonyl (C=O) groups is 2. The van der Waals surface area contributed by atoms with Gasteiger partial charge in [-0.15, -0.1) is 0 Å². The maximum absolute atomic E-state index is 12.5. The van der Waals surface area contributed by atoms with Crippen molar-refractivity contribution in [3.63, 3.8) is 0 Å². The van der Waals surface area contributed by atoms with Crippen molar-refractivity contribution in [3.8, 4) is 17.2 Å². The SMILES string of the molecule is CCOc1cc(/C=N\NC(=O)COc2ccc(Cl)cc2Br)ccc1OC(=O)c1ccccc1Cl. The minimum atomic E-state index is -0.604. The highest BCUT2D eigenvalue weighted by molar-refractivity contribution is 9.10. The number of benzene rings is 3. The summed E-state index contributed by atoms with van der Waals surface area (Å²) in [5.41, 5.74) is 3.24. The van der Waals surface area contributed by atoms with Crippen LogP contribution in [-0.4, -0.2) is 31.3 Å². The molecule has 3 aromatic rings. The molecule has 0 spiro atoms. The molecule has 3 aromatic carbocycles. The third-order valence-corrected chi connectivity index (χ3v) is 5.40. The van der Waals surface area contributed by atoms with Gasteiger partial charge in [0, 0.05) is 5.02 Å². The van der Waals surface area contributed by atoms with Gasteiger partial charge in [0.1, 0.15) is 5.75 Å². The molecule has 34 heavy (non-hydrogen) atoms. The van der Waals surface area contributed by atoms with E-state index in [9.17, 15) is 9.59 Å². The van der Waals surface area contributed by atoms with E-state index in [1.807, 2.05) is 0 Å². The van der Waals surface area contributed by atoms with Crippen LogP contribution in [-0.2, 0) is 4.79 Å². The first kappa shape index (κ1) is 25.6. The number of hydrogen-bond acceptors (Lipinski definition) is 6. The highest BCUT2D eigenvalue weighted by atomic mass is 79.9. The van der Waals surface area contributed by atoms with Crippen LogP contribution in [0.15, 0.2) is 70.2 Å². The molecule has 1 N–H and O–H groups in total. The number of ether oxygens (including phenoxy) is 3. The molecule has 7 nitrogen and oxygen atoms in total. The predicted molar refractivity (Wildman–Crippen MR) is 134 cm³/mol. The fourth-order valence-electron chi connectivity index (χ4n) is 2.69. The summed E-state index contributed by atoms with van der Waals surface area (Å²) in [7, 11) is 0. The third kappa shape index (κ3) is 7.21. The number of halogens is 3. The van der Waals surface area contributed by atoms with Crippen LogP contribution in [0.3, 0.4) is 0 Å². The molecule has 0 unspecified atom stereocenters. The lowest BCUT2D eigenvalue weighted by atomic mass is 10.2. The first-order valence-electron chi connectivity index (χ1n) is 10.0. The summed E-state index contributed by atoms with van der Waals surface area (Å²) in [6.07, 6.45) is 1.43. The van der Waals surface area contributed by atoms with Crippen molar-refractivity contribution in [2.75, 3.05) is 13.2 Å². The Morgan fingerprint density at radius 3 is 2.50 bits per heavy atom. The van der Waals surface area contributed by atoms with Gasteiger partial charge in [0.25, 0.3) is 5.91 Å². The Morgan fingerprint density at radius 1 is 1.00 bits per heavy atom. The van der Waals surface area contributed by atoms with Gasteiger partial charge in [-0.25, -0.2) is 10.2 Å². The average molecular weight is 566 g/mol. The van der Waals surface area contributed by atoms with Crippen LogP contribution in [0, 0.1) is 0 Å². The Morgan fingerprint density at radius 2 is 1.76 bits per heavy atom. The molecule has 0 aliphatic rings. The van der Waals surface area contributed by atoms with E-state index in [1.165, 1.54) is 6.21 Å². The van der Waals surface area contributed by atoms with Gasteiger partial charge in [-0.1, -0.05) is 35.3 Å². The van der Waals surface area contributed by atoms with Crippen molar-refractivity contribution in [1.82, 2.24) is 5.43 Å². The summed E-state index contributed by atoms with van der Waals surface area (Å²) in [5, 5.41) is 4.76. The lowest BCUT2D eigenvalue weighted by molar-refractivity contribution is -0.123. The molecule has 0 bridgehead atoms. The molecule has 0 fully saturated rings. The molecule has 0 aliphatic carbocycles. The zero-order valence-corrected chi connectivity index (χ0v) is 21.0. The molecule has 0 saturated carbocycles. The average Bonchev–Trinajstić information content (AvgIpc) is 2.80. The summed E-state index contributed by atoms with van der Waals surface area (Å²) in [6.45, 7) is 1.92. The van der Waals surface area contributed by atoms with Crippen LogP contribution in [0.5, 0.6) is 17.2 Å². The monoisotopic (exact) mass is 564 g/mol. The van der Waals surface area contributed by atoms with Crippen molar-refractivity contribution in [3.05, 3.63) is 86.3 Å². The van der Waals surface area contributed by atoms with E-state index in [4.69, 9.17) is 37.4 Å². The first-order chi connectivity index (χ1) is 16.4. The number of nitrogens with one attached hydrogen (secondary N) is 1. The first-order valence-corrected chi connectivity index (χ1v) is 11.6. The van der Waals surface area contributed by atoms with Crippen molar-refractivity contribution in [1.29, 1.82) is 0 Å². The lowest BCUT2D eigenvalue weighted by Gasteiger charge is -2.12. The molecule has 0 heterocycles. The van der Waals surface area contributed by atoms with Gasteiger partial charge in [-0.3, -0.25) is 4.79 Å². The second-order valence-corrected chi connectivity index (χ2v) is 8.36. The number of esters is 1. The number of hydrazone groups is 1. The van der Waals surface area contributed by atoms with Crippen molar-refractivity contribution >= 4 is 57.2 Å². The number of hydrogen-bond donors (Lipinski definition) is 1. The normalized spacial score (nSPS) is 10.7. The summed E-state index contributed by atoms with van der Waals surface area (Å²) in [4.78, 5) is 24.5. The molecule has 176 valence electrons. The quantitative estimate of drug-likeness (QED) is 0.151. The Labute approximate surface area is 214 Å². The fraction of sp³-hybridized carbons (Fsp3) is 0.125. The lowest BCUT2D eigenvalue weighted by Crippen LogP contribution is -2.24. The minimum Gasteiger partial charge on any atom is -0.490 e. The Bertz CT molecular complexity index is 1220. The molecule has 3 rings (SSSR count). The topological polar surface area (TPSA) is 86.2 Å². The van der Waals surface area contributed by atoms with E-state index in [0.717, 1.165) is 0 Å². The van der Waals surface area contributed by atoms with Gasteiger partial charge in [0.15, 0.2) is 18.1 Å². The molecular weight excluding hydrogens is 547 g/mol. The second kappa shape index (κ2) is 12.4. The van der Waals surface area contributed by atoms with E-state index < -0.39 is 11.9 Å². The molecule has 0 radical (unpaired) electrons. The van der Waals surface area contributed by atoms with Gasteiger partial charge < -0.3 is 14.2 Å². The van der Waals surface area contributed by atoms with Gasteiger partial charge in [-0.2, -0.15) is 5.10 Å². The van der Waals surface area contributed by atoms with Crippen LogP contribution >= 0.6 is 39.1 Å². The summed E-state index contributed by atoms with van der Waals surface area (Å²) < 4.78 is 17.1. The van der Waals surface area contributed by atoms with E-state index in [0.29, 0.717) is 33.2 Å². The van der Waals surface area contributed by atoms with Gasteiger partial charge in [-0.05, 0) is 76.9 Å². The molecule has 10 heteroatoms. The van der Waals surface area contributed by atoms with Crippen molar-refractivity contribution < 1.29 is 23.8 Å². The largest absolute Gasteiger partial charge is 0.490 e. The molecule has 0 aliphatic heterocycles. The fourth-order valence-corrected chi connectivity index (χ4v) is 3.70. The van der Waals surface area contributed by atoms with Gasteiger partial charge in [0.2, 0.25) is 0 Å². The Balaban J connectivity index is 1.61. The van der Waals surface area contributed by atoms with Gasteiger partial charge >= 0.3 is 5.97 Å². The Kier molecular flexibility index (Phi) is 9.33. The van der Waals surface area contributed by atoms with E-state index in [2.05, 4.69) is 26.5 Å². The molecular formula is C24H19BrCl2N2O5. The van der Waals surface area contributed by atoms with E-state index in [1.54, 1.807) is 67.6 Å². The van der Waals surface area contributed by atoms with Crippen molar-refractivity contribution in [2.24, 2.45) is 5.10 Å². The number of amides is 1. The maximum Gasteiger partial charge on any atom is 0.345 e. The van der Waals surface area contributed by atoms with E-state index >= 15 is 0 Å². The third-order valence-electron chi connectivity index (χ3n) is 4.22. The van der Waals surface area contributed by atoms with Crippen molar-refractivity contribution in [2.45, 2.75) is 6.92 Å². The van der Waals surface area contributed by atoms with Crippen LogP contribution in [0.25, 0.3) is 0 Å². The van der Waals surface area contributed by atoms with Crippen LogP contribution in [0.4, 0.5) is 0 Å². The summed E-state index contributed by atoms with van der Waals surface area (Å²) >= 11 is 15.3.